The Bertz CT molecular complexity index is 941. The number of nitrogens with zero attached hydrogens (tertiary/aromatic N) is 2. The number of likely N-dealkylation sites (N-methyl/N-ethyl adjacent to an activating group) is 1. The Kier molecular flexibility index (Phi) is 6.50. The summed E-state index contributed by atoms with van der Waals surface area (Å²) in [5.41, 5.74) is 6.44. The van der Waals surface area contributed by atoms with E-state index in [1.807, 2.05) is 0 Å². The van der Waals surface area contributed by atoms with E-state index in [9.17, 15) is 0 Å². The molecule has 3 aromatic carbocycles. The van der Waals surface area contributed by atoms with E-state index in [1.54, 1.807) is 7.11 Å². The topological polar surface area (TPSA) is 15.7 Å². The Balaban J connectivity index is 1.69. The van der Waals surface area contributed by atoms with Crippen LogP contribution in [0.5, 0.6) is 5.75 Å². The molecule has 0 radical (unpaired) electrons. The average Bonchev–Trinajstić information content (AvgIpc) is 2.80. The van der Waals surface area contributed by atoms with Gasteiger partial charge in [0.25, 0.3) is 0 Å². The quantitative estimate of drug-likeness (QED) is 0.514. The maximum Gasteiger partial charge on any atom is 0.126 e. The molecule has 154 valence electrons. The van der Waals surface area contributed by atoms with Crippen molar-refractivity contribution in [1.29, 1.82) is 0 Å². The van der Waals surface area contributed by atoms with Gasteiger partial charge in [0.2, 0.25) is 0 Å². The Morgan fingerprint density at radius 3 is 2.03 bits per heavy atom. The van der Waals surface area contributed by atoms with Crippen LogP contribution in [0.25, 0.3) is 5.57 Å². The van der Waals surface area contributed by atoms with Crippen molar-refractivity contribution in [3.05, 3.63) is 102 Å². The van der Waals surface area contributed by atoms with E-state index >= 15 is 0 Å². The largest absolute Gasteiger partial charge is 0.496 e. The van der Waals surface area contributed by atoms with Crippen LogP contribution in [0.4, 0.5) is 5.69 Å². The van der Waals surface area contributed by atoms with Gasteiger partial charge in [0, 0.05) is 37.4 Å². The molecule has 0 spiro atoms. The highest BCUT2D eigenvalue weighted by Gasteiger charge is 2.17. The maximum absolute atomic E-state index is 5.72. The first kappa shape index (κ1) is 20.2. The summed E-state index contributed by atoms with van der Waals surface area (Å²) in [7, 11) is 3.93. The minimum absolute atomic E-state index is 0.864. The molecule has 1 aliphatic rings. The predicted octanol–water partition coefficient (Wildman–Crippen LogP) is 5.62. The standard InChI is InChI=1S/C27H30N2O/c1-28-17-15-24(16-18-28)26-19-25(13-14-27(26)30-2)29(20-22-9-5-3-6-10-22)21-23-11-7-4-8-12-23/h3-15,19H,16-18,20-21H2,1-2H3. The second-order valence-electron chi connectivity index (χ2n) is 7.95. The molecular formula is C27H30N2O. The van der Waals surface area contributed by atoms with Crippen LogP contribution in [0, 0.1) is 0 Å². The molecule has 30 heavy (non-hydrogen) atoms. The van der Waals surface area contributed by atoms with Crippen LogP contribution in [0.2, 0.25) is 0 Å². The molecule has 0 atom stereocenters. The lowest BCUT2D eigenvalue weighted by Gasteiger charge is -2.28. The number of anilines is 1. The van der Waals surface area contributed by atoms with Crippen molar-refractivity contribution in [3.8, 4) is 5.75 Å². The first-order valence-electron chi connectivity index (χ1n) is 10.6. The van der Waals surface area contributed by atoms with Crippen LogP contribution in [-0.4, -0.2) is 32.1 Å². The summed E-state index contributed by atoms with van der Waals surface area (Å²) in [6, 6.07) is 28.0. The SMILES string of the molecule is COc1ccc(N(Cc2ccccc2)Cc2ccccc2)cc1C1=CCN(C)CC1. The lowest BCUT2D eigenvalue weighted by Crippen LogP contribution is -2.24. The fourth-order valence-corrected chi connectivity index (χ4v) is 4.01. The monoisotopic (exact) mass is 398 g/mol. The van der Waals surface area contributed by atoms with Crippen molar-refractivity contribution in [2.24, 2.45) is 0 Å². The number of hydrogen-bond acceptors (Lipinski definition) is 3. The van der Waals surface area contributed by atoms with Crippen molar-refractivity contribution >= 4 is 11.3 Å². The number of hydrogen-bond donors (Lipinski definition) is 0. The third kappa shape index (κ3) is 4.92. The van der Waals surface area contributed by atoms with Crippen LogP contribution in [0.15, 0.2) is 84.9 Å². The molecule has 3 aromatic rings. The molecule has 1 aliphatic heterocycles. The van der Waals surface area contributed by atoms with Crippen LogP contribution < -0.4 is 9.64 Å². The van der Waals surface area contributed by atoms with Crippen molar-refractivity contribution < 1.29 is 4.74 Å². The molecule has 0 bridgehead atoms. The van der Waals surface area contributed by atoms with Crippen molar-refractivity contribution in [2.45, 2.75) is 19.5 Å². The normalized spacial score (nSPS) is 14.3. The van der Waals surface area contributed by atoms with Gasteiger partial charge >= 0.3 is 0 Å². The summed E-state index contributed by atoms with van der Waals surface area (Å²) in [5.74, 6) is 0.953. The summed E-state index contributed by atoms with van der Waals surface area (Å²) in [5, 5.41) is 0. The van der Waals surface area contributed by atoms with E-state index in [2.05, 4.69) is 102 Å². The van der Waals surface area contributed by atoms with E-state index < -0.39 is 0 Å². The zero-order valence-corrected chi connectivity index (χ0v) is 17.9. The molecule has 0 N–H and O–H groups in total. The highest BCUT2D eigenvalue weighted by Crippen LogP contribution is 2.34. The fraction of sp³-hybridized carbons (Fsp3) is 0.259. The minimum Gasteiger partial charge on any atom is -0.496 e. The van der Waals surface area contributed by atoms with Crippen molar-refractivity contribution in [1.82, 2.24) is 4.90 Å². The summed E-state index contributed by atoms with van der Waals surface area (Å²) >= 11 is 0. The van der Waals surface area contributed by atoms with E-state index in [0.29, 0.717) is 0 Å². The fourth-order valence-electron chi connectivity index (χ4n) is 4.01. The van der Waals surface area contributed by atoms with Crippen LogP contribution in [0.3, 0.4) is 0 Å². The smallest absolute Gasteiger partial charge is 0.126 e. The zero-order valence-electron chi connectivity index (χ0n) is 17.9. The van der Waals surface area contributed by atoms with Gasteiger partial charge in [-0.2, -0.15) is 0 Å². The highest BCUT2D eigenvalue weighted by molar-refractivity contribution is 5.75. The highest BCUT2D eigenvalue weighted by atomic mass is 16.5. The minimum atomic E-state index is 0.864. The molecule has 0 aliphatic carbocycles. The van der Waals surface area contributed by atoms with E-state index in [-0.39, 0.29) is 0 Å². The molecule has 0 unspecified atom stereocenters. The molecule has 0 saturated carbocycles. The second kappa shape index (κ2) is 9.64. The van der Waals surface area contributed by atoms with Crippen LogP contribution >= 0.6 is 0 Å². The molecule has 0 saturated heterocycles. The third-order valence-electron chi connectivity index (χ3n) is 5.74. The number of benzene rings is 3. The van der Waals surface area contributed by atoms with Crippen molar-refractivity contribution in [2.75, 3.05) is 32.1 Å². The van der Waals surface area contributed by atoms with Gasteiger partial charge in [-0.15, -0.1) is 0 Å². The predicted molar refractivity (Wildman–Crippen MR) is 126 cm³/mol. The van der Waals surface area contributed by atoms with E-state index in [0.717, 1.165) is 38.3 Å². The summed E-state index contributed by atoms with van der Waals surface area (Å²) in [6.07, 6.45) is 3.39. The van der Waals surface area contributed by atoms with Gasteiger partial charge in [0.15, 0.2) is 0 Å². The summed E-state index contributed by atoms with van der Waals surface area (Å²) in [6.45, 7) is 3.80. The van der Waals surface area contributed by atoms with Crippen LogP contribution in [-0.2, 0) is 13.1 Å². The van der Waals surface area contributed by atoms with Gasteiger partial charge in [0.05, 0.1) is 7.11 Å². The van der Waals surface area contributed by atoms with Crippen molar-refractivity contribution in [3.63, 3.8) is 0 Å². The maximum atomic E-state index is 5.72. The zero-order chi connectivity index (χ0) is 20.8. The molecular weight excluding hydrogens is 368 g/mol. The van der Waals surface area contributed by atoms with Gasteiger partial charge in [-0.05, 0) is 48.4 Å². The van der Waals surface area contributed by atoms with Gasteiger partial charge in [-0.1, -0.05) is 66.7 Å². The van der Waals surface area contributed by atoms with Gasteiger partial charge in [-0.25, -0.2) is 0 Å². The van der Waals surface area contributed by atoms with E-state index in [4.69, 9.17) is 4.74 Å². The van der Waals surface area contributed by atoms with Gasteiger partial charge in [-0.3, -0.25) is 0 Å². The summed E-state index contributed by atoms with van der Waals surface area (Å²) < 4.78 is 5.72. The number of ether oxygens (including phenoxy) is 1. The van der Waals surface area contributed by atoms with Gasteiger partial charge < -0.3 is 14.5 Å². The third-order valence-corrected chi connectivity index (χ3v) is 5.74. The Labute approximate surface area is 180 Å². The number of rotatable bonds is 7. The Morgan fingerprint density at radius 1 is 0.867 bits per heavy atom. The average molecular weight is 399 g/mol. The van der Waals surface area contributed by atoms with E-state index in [1.165, 1.54) is 28.0 Å². The molecule has 0 fully saturated rings. The molecule has 3 nitrogen and oxygen atoms in total. The Morgan fingerprint density at radius 2 is 1.50 bits per heavy atom. The molecule has 1 heterocycles. The molecule has 0 aromatic heterocycles. The molecule has 0 amide bonds. The first-order chi connectivity index (χ1) is 14.7. The Hall–Kier alpha value is -3.04. The first-order valence-corrected chi connectivity index (χ1v) is 10.6. The molecule has 3 heteroatoms. The summed E-state index contributed by atoms with van der Waals surface area (Å²) in [4.78, 5) is 4.79. The lowest BCUT2D eigenvalue weighted by molar-refractivity contribution is 0.369. The molecule has 4 rings (SSSR count). The second-order valence-corrected chi connectivity index (χ2v) is 7.95. The number of methoxy groups -OCH3 is 1. The lowest BCUT2D eigenvalue weighted by atomic mass is 9.97. The van der Waals surface area contributed by atoms with Crippen LogP contribution in [0.1, 0.15) is 23.1 Å². The van der Waals surface area contributed by atoms with Gasteiger partial charge in [0.1, 0.15) is 5.75 Å².